The van der Waals surface area contributed by atoms with Crippen molar-refractivity contribution in [2.75, 3.05) is 39.5 Å². The zero-order valence-corrected chi connectivity index (χ0v) is 15.4. The van der Waals surface area contributed by atoms with Gasteiger partial charge < -0.3 is 15.1 Å². The van der Waals surface area contributed by atoms with E-state index in [1.807, 2.05) is 29.2 Å². The topological polar surface area (TPSA) is 55.9 Å². The highest BCUT2D eigenvalue weighted by atomic mass is 16.2. The number of hydrogen-bond acceptors (Lipinski definition) is 3. The van der Waals surface area contributed by atoms with Crippen molar-refractivity contribution in [3.8, 4) is 0 Å². The van der Waals surface area contributed by atoms with Crippen LogP contribution in [0.15, 0.2) is 24.3 Å². The van der Waals surface area contributed by atoms with Crippen molar-refractivity contribution in [3.63, 3.8) is 0 Å². The van der Waals surface area contributed by atoms with Gasteiger partial charge in [0.05, 0.1) is 6.42 Å². The minimum atomic E-state index is -0.0642. The smallest absolute Gasteiger partial charge is 0.321 e. The molecule has 2 aliphatic rings. The highest BCUT2D eigenvalue weighted by Crippen LogP contribution is 2.28. The first-order chi connectivity index (χ1) is 12.0. The second kappa shape index (κ2) is 7.44. The molecule has 2 fully saturated rings. The molecule has 2 saturated heterocycles. The quantitative estimate of drug-likeness (QED) is 0.913. The van der Waals surface area contributed by atoms with Gasteiger partial charge in [0.2, 0.25) is 5.91 Å². The zero-order valence-electron chi connectivity index (χ0n) is 15.4. The van der Waals surface area contributed by atoms with Crippen LogP contribution in [0.1, 0.15) is 24.8 Å². The van der Waals surface area contributed by atoms with E-state index in [0.29, 0.717) is 12.1 Å². The summed E-state index contributed by atoms with van der Waals surface area (Å²) >= 11 is 0. The number of carbonyl (C=O) groups excluding carboxylic acids is 2. The fourth-order valence-electron chi connectivity index (χ4n) is 3.80. The van der Waals surface area contributed by atoms with E-state index in [4.69, 9.17) is 0 Å². The number of likely N-dealkylation sites (tertiary alicyclic amines) is 1. The molecule has 25 heavy (non-hydrogen) atoms. The fourth-order valence-corrected chi connectivity index (χ4v) is 3.80. The van der Waals surface area contributed by atoms with Crippen LogP contribution in [0.5, 0.6) is 0 Å². The van der Waals surface area contributed by atoms with Crippen LogP contribution < -0.4 is 5.32 Å². The van der Waals surface area contributed by atoms with Gasteiger partial charge in [-0.2, -0.15) is 0 Å². The molecule has 2 aliphatic heterocycles. The van der Waals surface area contributed by atoms with Gasteiger partial charge in [0.1, 0.15) is 0 Å². The highest BCUT2D eigenvalue weighted by Gasteiger charge is 2.36. The van der Waals surface area contributed by atoms with Gasteiger partial charge >= 0.3 is 6.03 Å². The van der Waals surface area contributed by atoms with Gasteiger partial charge in [0.25, 0.3) is 0 Å². The lowest BCUT2D eigenvalue weighted by molar-refractivity contribution is -0.127. The van der Waals surface area contributed by atoms with Gasteiger partial charge in [-0.3, -0.25) is 9.69 Å². The average molecular weight is 344 g/mol. The Kier molecular flexibility index (Phi) is 5.27. The molecular formula is C19H28N4O2. The van der Waals surface area contributed by atoms with E-state index >= 15 is 0 Å². The number of amides is 3. The highest BCUT2D eigenvalue weighted by molar-refractivity contribution is 5.91. The molecule has 2 unspecified atom stereocenters. The lowest BCUT2D eigenvalue weighted by atomic mass is 10.1. The summed E-state index contributed by atoms with van der Waals surface area (Å²) in [5.41, 5.74) is 1.58. The molecule has 2 atom stereocenters. The molecule has 1 N–H and O–H groups in total. The van der Waals surface area contributed by atoms with Gasteiger partial charge in [-0.15, -0.1) is 0 Å². The Morgan fingerprint density at radius 2 is 1.88 bits per heavy atom. The second-order valence-corrected chi connectivity index (χ2v) is 7.34. The molecule has 6 nitrogen and oxygen atoms in total. The van der Waals surface area contributed by atoms with Crippen molar-refractivity contribution in [2.45, 2.75) is 37.8 Å². The third-order valence-corrected chi connectivity index (χ3v) is 5.54. The van der Waals surface area contributed by atoms with E-state index in [0.717, 1.165) is 30.8 Å². The van der Waals surface area contributed by atoms with Crippen molar-refractivity contribution < 1.29 is 9.59 Å². The van der Waals surface area contributed by atoms with E-state index in [-0.39, 0.29) is 18.4 Å². The van der Waals surface area contributed by atoms with Crippen LogP contribution in [0.25, 0.3) is 0 Å². The normalized spacial score (nSPS) is 23.2. The number of urea groups is 1. The third kappa shape index (κ3) is 3.95. The number of fused-ring (bicyclic) bond motifs is 2. The first-order valence-corrected chi connectivity index (χ1v) is 9.01. The maximum atomic E-state index is 12.8. The Morgan fingerprint density at radius 3 is 2.64 bits per heavy atom. The molecule has 2 heterocycles. The van der Waals surface area contributed by atoms with Crippen molar-refractivity contribution in [1.82, 2.24) is 14.7 Å². The van der Waals surface area contributed by atoms with Crippen molar-refractivity contribution in [1.29, 1.82) is 0 Å². The molecular weight excluding hydrogens is 316 g/mol. The summed E-state index contributed by atoms with van der Waals surface area (Å²) in [6.07, 6.45) is 3.73. The van der Waals surface area contributed by atoms with E-state index in [1.54, 1.807) is 19.0 Å². The molecule has 1 aromatic carbocycles. The predicted molar refractivity (Wildman–Crippen MR) is 98.6 cm³/mol. The Hall–Kier alpha value is -2.08. The second-order valence-electron chi connectivity index (χ2n) is 7.34. The Labute approximate surface area is 149 Å². The molecule has 136 valence electrons. The lowest BCUT2D eigenvalue weighted by Gasteiger charge is -2.26. The molecule has 3 rings (SSSR count). The zero-order chi connectivity index (χ0) is 18.0. The summed E-state index contributed by atoms with van der Waals surface area (Å²) in [6.45, 7) is 1.56. The third-order valence-electron chi connectivity index (χ3n) is 5.54. The molecule has 6 heteroatoms. The van der Waals surface area contributed by atoms with Crippen LogP contribution in [0, 0.1) is 0 Å². The summed E-state index contributed by atoms with van der Waals surface area (Å²) < 4.78 is 0. The van der Waals surface area contributed by atoms with E-state index in [9.17, 15) is 9.59 Å². The maximum absolute atomic E-state index is 12.8. The summed E-state index contributed by atoms with van der Waals surface area (Å²) in [7, 11) is 5.66. The Balaban J connectivity index is 1.68. The maximum Gasteiger partial charge on any atom is 0.321 e. The molecule has 1 aromatic rings. The van der Waals surface area contributed by atoms with Gasteiger partial charge in [-0.05, 0) is 37.9 Å². The van der Waals surface area contributed by atoms with Gasteiger partial charge in [-0.25, -0.2) is 4.79 Å². The van der Waals surface area contributed by atoms with Crippen molar-refractivity contribution >= 4 is 17.6 Å². The summed E-state index contributed by atoms with van der Waals surface area (Å²) in [6, 6.07) is 8.55. The predicted octanol–water partition coefficient (Wildman–Crippen LogP) is 2.02. The average Bonchev–Trinajstić information content (AvgIpc) is 2.81. The number of nitrogens with one attached hydrogen (secondary N) is 1. The monoisotopic (exact) mass is 344 g/mol. The number of hydrogen-bond donors (Lipinski definition) is 1. The lowest BCUT2D eigenvalue weighted by Crippen LogP contribution is -2.41. The minimum absolute atomic E-state index is 0.0235. The molecule has 3 amide bonds. The van der Waals surface area contributed by atoms with E-state index in [2.05, 4.69) is 17.3 Å². The Morgan fingerprint density at radius 1 is 1.16 bits per heavy atom. The summed E-state index contributed by atoms with van der Waals surface area (Å²) in [4.78, 5) is 30.7. The Bertz CT molecular complexity index is 646. The van der Waals surface area contributed by atoms with Gasteiger partial charge in [-0.1, -0.05) is 18.2 Å². The summed E-state index contributed by atoms with van der Waals surface area (Å²) in [5.74, 6) is 0.0235. The van der Waals surface area contributed by atoms with Crippen LogP contribution in [0.3, 0.4) is 0 Å². The summed E-state index contributed by atoms with van der Waals surface area (Å²) in [5, 5.41) is 3.02. The largest absolute Gasteiger partial charge is 0.349 e. The number of anilines is 1. The number of rotatable bonds is 3. The number of nitrogens with zero attached hydrogens (tertiary/aromatic N) is 3. The van der Waals surface area contributed by atoms with Crippen LogP contribution in [0.4, 0.5) is 10.5 Å². The van der Waals surface area contributed by atoms with E-state index < -0.39 is 0 Å². The standard InChI is InChI=1S/C19H28N4O2/c1-21(2)18(24)12-14-6-4-5-7-17(14)20-19(25)23-11-10-15-8-9-16(13-23)22(15)3/h4-7,15-16H,8-13H2,1-3H3,(H,20,25). The first-order valence-electron chi connectivity index (χ1n) is 9.01. The molecule has 0 aliphatic carbocycles. The van der Waals surface area contributed by atoms with E-state index in [1.165, 1.54) is 12.8 Å². The van der Waals surface area contributed by atoms with Gasteiger partial charge in [0, 0.05) is 45.0 Å². The van der Waals surface area contributed by atoms with Crippen LogP contribution in [-0.4, -0.2) is 73.0 Å². The van der Waals surface area contributed by atoms with Crippen molar-refractivity contribution in [3.05, 3.63) is 29.8 Å². The van der Waals surface area contributed by atoms with Crippen LogP contribution in [0.2, 0.25) is 0 Å². The number of carbonyl (C=O) groups is 2. The molecule has 0 aromatic heterocycles. The van der Waals surface area contributed by atoms with Crippen LogP contribution >= 0.6 is 0 Å². The molecule has 0 saturated carbocycles. The molecule has 0 radical (unpaired) electrons. The van der Waals surface area contributed by atoms with Crippen molar-refractivity contribution in [2.24, 2.45) is 0 Å². The fraction of sp³-hybridized carbons (Fsp3) is 0.579. The first kappa shape index (κ1) is 17.7. The molecule has 2 bridgehead atoms. The minimum Gasteiger partial charge on any atom is -0.349 e. The number of para-hydroxylation sites is 1. The molecule has 0 spiro atoms. The van der Waals surface area contributed by atoms with Crippen LogP contribution in [-0.2, 0) is 11.2 Å². The SMILES string of the molecule is CN(C)C(=O)Cc1ccccc1NC(=O)N1CCC2CCC(C1)N2C. The number of benzene rings is 1. The number of likely N-dealkylation sites (N-methyl/N-ethyl adjacent to an activating group) is 2. The van der Waals surface area contributed by atoms with Gasteiger partial charge in [0.15, 0.2) is 0 Å².